The molecular weight excluding hydrogens is 232 g/mol. The summed E-state index contributed by atoms with van der Waals surface area (Å²) >= 11 is 0. The maximum Gasteiger partial charge on any atom is 0.184 e. The van der Waals surface area contributed by atoms with E-state index in [9.17, 15) is 9.59 Å². The largest absolute Gasteiger partial charge is 0.490 e. The predicted molar refractivity (Wildman–Crippen MR) is 63.5 cm³/mol. The maximum absolute atomic E-state index is 12.2. The molecule has 1 aliphatic carbocycles. The molecule has 0 aromatic heterocycles. The van der Waals surface area contributed by atoms with E-state index in [1.807, 2.05) is 0 Å². The van der Waals surface area contributed by atoms with Gasteiger partial charge in [-0.05, 0) is 11.5 Å². The van der Waals surface area contributed by atoms with Crippen LogP contribution in [-0.2, 0) is 19.1 Å². The minimum Gasteiger partial charge on any atom is -0.490 e. The summed E-state index contributed by atoms with van der Waals surface area (Å²) in [6.07, 6.45) is 3.59. The SMILES string of the molecule is CC1(C)CC(=O)C2=C(C1)O[C@H]1COC(C=O)=C[C@@H]21. The molecular formula is C14H16O4. The third kappa shape index (κ3) is 1.67. The Hall–Kier alpha value is -1.58. The van der Waals surface area contributed by atoms with E-state index in [0.29, 0.717) is 25.1 Å². The Kier molecular flexibility index (Phi) is 2.37. The van der Waals surface area contributed by atoms with Gasteiger partial charge in [0.05, 0.1) is 5.92 Å². The molecule has 0 amide bonds. The third-order valence-corrected chi connectivity index (χ3v) is 3.78. The van der Waals surface area contributed by atoms with Gasteiger partial charge in [0.25, 0.3) is 0 Å². The van der Waals surface area contributed by atoms with E-state index in [1.54, 1.807) is 6.08 Å². The zero-order valence-corrected chi connectivity index (χ0v) is 10.6. The Labute approximate surface area is 106 Å². The molecule has 2 aliphatic heterocycles. The van der Waals surface area contributed by atoms with Gasteiger partial charge in [0.1, 0.15) is 18.5 Å². The minimum atomic E-state index is -0.142. The molecule has 96 valence electrons. The fourth-order valence-corrected chi connectivity index (χ4v) is 3.00. The van der Waals surface area contributed by atoms with Crippen LogP contribution in [0.3, 0.4) is 0 Å². The van der Waals surface area contributed by atoms with Crippen LogP contribution in [0.25, 0.3) is 0 Å². The van der Waals surface area contributed by atoms with Crippen molar-refractivity contribution in [2.24, 2.45) is 11.3 Å². The van der Waals surface area contributed by atoms with E-state index in [2.05, 4.69) is 13.8 Å². The number of carbonyl (C=O) groups excluding carboxylic acids is 2. The van der Waals surface area contributed by atoms with E-state index in [4.69, 9.17) is 9.47 Å². The van der Waals surface area contributed by atoms with Crippen LogP contribution in [0, 0.1) is 11.3 Å². The average Bonchev–Trinajstić information content (AvgIpc) is 2.63. The smallest absolute Gasteiger partial charge is 0.184 e. The molecule has 0 unspecified atom stereocenters. The van der Waals surface area contributed by atoms with Crippen molar-refractivity contribution in [2.45, 2.75) is 32.8 Å². The first-order chi connectivity index (χ1) is 8.50. The van der Waals surface area contributed by atoms with E-state index >= 15 is 0 Å². The molecule has 0 aromatic rings. The summed E-state index contributed by atoms with van der Waals surface area (Å²) in [4.78, 5) is 23.0. The van der Waals surface area contributed by atoms with Crippen LogP contribution < -0.4 is 0 Å². The summed E-state index contributed by atoms with van der Waals surface area (Å²) in [5.41, 5.74) is 0.726. The number of rotatable bonds is 1. The molecule has 0 radical (unpaired) electrons. The Morgan fingerprint density at radius 3 is 2.89 bits per heavy atom. The van der Waals surface area contributed by atoms with Crippen LogP contribution in [0.15, 0.2) is 23.2 Å². The Balaban J connectivity index is 1.98. The highest BCUT2D eigenvalue weighted by atomic mass is 16.5. The van der Waals surface area contributed by atoms with Gasteiger partial charge in [0.15, 0.2) is 17.8 Å². The lowest BCUT2D eigenvalue weighted by molar-refractivity contribution is -0.118. The summed E-state index contributed by atoms with van der Waals surface area (Å²) in [5.74, 6) is 1.17. The second kappa shape index (κ2) is 3.70. The Bertz CT molecular complexity index is 484. The summed E-state index contributed by atoms with van der Waals surface area (Å²) in [7, 11) is 0. The van der Waals surface area contributed by atoms with Crippen LogP contribution in [0.1, 0.15) is 26.7 Å². The molecule has 0 aromatic carbocycles. The molecule has 2 heterocycles. The van der Waals surface area contributed by atoms with Gasteiger partial charge >= 0.3 is 0 Å². The standard InChI is InChI=1S/C14H16O4/c1-14(2)4-10(16)13-9-3-8(6-15)17-7-12(9)18-11(13)5-14/h3,6,9,12H,4-5,7H2,1-2H3/t9-,12+/m1/s1. The van der Waals surface area contributed by atoms with Crippen molar-refractivity contribution in [3.8, 4) is 0 Å². The fraction of sp³-hybridized carbons (Fsp3) is 0.571. The van der Waals surface area contributed by atoms with E-state index in [0.717, 1.165) is 17.8 Å². The monoisotopic (exact) mass is 248 g/mol. The topological polar surface area (TPSA) is 52.6 Å². The second-order valence-electron chi connectivity index (χ2n) is 5.96. The number of ether oxygens (including phenoxy) is 2. The molecule has 0 fully saturated rings. The summed E-state index contributed by atoms with van der Waals surface area (Å²) in [6.45, 7) is 4.49. The maximum atomic E-state index is 12.2. The third-order valence-electron chi connectivity index (χ3n) is 3.78. The van der Waals surface area contributed by atoms with Crippen LogP contribution >= 0.6 is 0 Å². The minimum absolute atomic E-state index is 0.0402. The van der Waals surface area contributed by atoms with Gasteiger partial charge in [-0.3, -0.25) is 9.59 Å². The van der Waals surface area contributed by atoms with Crippen molar-refractivity contribution >= 4 is 12.1 Å². The molecule has 0 N–H and O–H groups in total. The Morgan fingerprint density at radius 2 is 2.17 bits per heavy atom. The van der Waals surface area contributed by atoms with Gasteiger partial charge in [-0.25, -0.2) is 0 Å². The molecule has 0 spiro atoms. The van der Waals surface area contributed by atoms with Gasteiger partial charge in [-0.1, -0.05) is 13.8 Å². The molecule has 4 nitrogen and oxygen atoms in total. The van der Waals surface area contributed by atoms with Crippen molar-refractivity contribution in [2.75, 3.05) is 6.61 Å². The van der Waals surface area contributed by atoms with Crippen molar-refractivity contribution in [3.63, 3.8) is 0 Å². The molecule has 3 aliphatic rings. The number of hydrogen-bond donors (Lipinski definition) is 0. The van der Waals surface area contributed by atoms with Gasteiger partial charge in [-0.2, -0.15) is 0 Å². The van der Waals surface area contributed by atoms with Crippen LogP contribution in [0.2, 0.25) is 0 Å². The van der Waals surface area contributed by atoms with E-state index < -0.39 is 0 Å². The van der Waals surface area contributed by atoms with E-state index in [1.165, 1.54) is 0 Å². The molecule has 0 saturated heterocycles. The van der Waals surface area contributed by atoms with Crippen LogP contribution in [0.5, 0.6) is 0 Å². The molecule has 4 heteroatoms. The summed E-state index contributed by atoms with van der Waals surface area (Å²) < 4.78 is 11.1. The number of carbonyl (C=O) groups is 2. The average molecular weight is 248 g/mol. The molecule has 3 rings (SSSR count). The van der Waals surface area contributed by atoms with Gasteiger partial charge in [0.2, 0.25) is 0 Å². The zero-order chi connectivity index (χ0) is 12.9. The van der Waals surface area contributed by atoms with Gasteiger partial charge < -0.3 is 9.47 Å². The number of aldehydes is 1. The number of Topliss-reactive ketones (excluding diaryl/α,β-unsaturated/α-hetero) is 1. The highest BCUT2D eigenvalue weighted by Gasteiger charge is 2.46. The van der Waals surface area contributed by atoms with Crippen molar-refractivity contribution < 1.29 is 19.1 Å². The lowest BCUT2D eigenvalue weighted by atomic mass is 9.74. The number of ketones is 1. The molecule has 0 bridgehead atoms. The lowest BCUT2D eigenvalue weighted by Crippen LogP contribution is -2.30. The zero-order valence-electron chi connectivity index (χ0n) is 10.6. The Morgan fingerprint density at radius 1 is 1.39 bits per heavy atom. The predicted octanol–water partition coefficient (Wildman–Crippen LogP) is 1.76. The molecule has 18 heavy (non-hydrogen) atoms. The first kappa shape index (κ1) is 11.5. The second-order valence-corrected chi connectivity index (χ2v) is 5.96. The highest BCUT2D eigenvalue weighted by molar-refractivity contribution is 5.98. The van der Waals surface area contributed by atoms with Crippen LogP contribution in [-0.4, -0.2) is 24.8 Å². The van der Waals surface area contributed by atoms with Crippen LogP contribution in [0.4, 0.5) is 0 Å². The normalized spacial score (nSPS) is 33.0. The fourth-order valence-electron chi connectivity index (χ4n) is 3.00. The summed E-state index contributed by atoms with van der Waals surface area (Å²) in [5, 5.41) is 0. The highest BCUT2D eigenvalue weighted by Crippen LogP contribution is 2.46. The lowest BCUT2D eigenvalue weighted by Gasteiger charge is -2.28. The van der Waals surface area contributed by atoms with Crippen molar-refractivity contribution in [1.82, 2.24) is 0 Å². The van der Waals surface area contributed by atoms with Crippen molar-refractivity contribution in [3.05, 3.63) is 23.2 Å². The quantitative estimate of drug-likeness (QED) is 0.663. The van der Waals surface area contributed by atoms with Gasteiger partial charge in [-0.15, -0.1) is 0 Å². The number of allylic oxidation sites excluding steroid dienone is 2. The summed E-state index contributed by atoms with van der Waals surface area (Å²) in [6, 6.07) is 0. The number of fused-ring (bicyclic) bond motifs is 2. The molecule has 0 saturated carbocycles. The first-order valence-corrected chi connectivity index (χ1v) is 6.23. The van der Waals surface area contributed by atoms with Crippen molar-refractivity contribution in [1.29, 1.82) is 0 Å². The van der Waals surface area contributed by atoms with Gasteiger partial charge in [0, 0.05) is 18.4 Å². The first-order valence-electron chi connectivity index (χ1n) is 6.23. The van der Waals surface area contributed by atoms with E-state index in [-0.39, 0.29) is 23.2 Å². The molecule has 2 atom stereocenters. The number of hydrogen-bond acceptors (Lipinski definition) is 4.